The number of piperidine rings is 1. The van der Waals surface area contributed by atoms with E-state index in [0.717, 1.165) is 38.1 Å². The van der Waals surface area contributed by atoms with Crippen molar-refractivity contribution >= 4 is 5.78 Å². The number of likely N-dealkylation sites (tertiary alicyclic amines) is 1. The van der Waals surface area contributed by atoms with Gasteiger partial charge in [0.1, 0.15) is 11.5 Å². The highest BCUT2D eigenvalue weighted by atomic mass is 16.3. The van der Waals surface area contributed by atoms with E-state index in [9.17, 15) is 9.90 Å². The van der Waals surface area contributed by atoms with E-state index >= 15 is 0 Å². The molecule has 0 radical (unpaired) electrons. The molecule has 1 aromatic rings. The van der Waals surface area contributed by atoms with Crippen molar-refractivity contribution in [2.45, 2.75) is 56.4 Å². The second kappa shape index (κ2) is 4.83. The Balaban J connectivity index is 1.60. The summed E-state index contributed by atoms with van der Waals surface area (Å²) in [7, 11) is 0. The zero-order chi connectivity index (χ0) is 15.6. The van der Waals surface area contributed by atoms with Gasteiger partial charge in [0.25, 0.3) is 0 Å². The summed E-state index contributed by atoms with van der Waals surface area (Å²) in [6.07, 6.45) is 7.49. The quantitative estimate of drug-likeness (QED) is 0.912. The van der Waals surface area contributed by atoms with Crippen LogP contribution in [0.4, 0.5) is 0 Å². The van der Waals surface area contributed by atoms with E-state index in [1.807, 2.05) is 12.1 Å². The SMILES string of the molecule is O=C1CC[C@H]2[C@H]3Cc4ccc(O)cc4[C@]2(CCN3CC2CC2)C1. The first-order valence-electron chi connectivity index (χ1n) is 9.24. The fraction of sp³-hybridized carbons (Fsp3) is 0.650. The molecule has 3 atom stereocenters. The van der Waals surface area contributed by atoms with Gasteiger partial charge >= 0.3 is 0 Å². The lowest BCUT2D eigenvalue weighted by atomic mass is 9.52. The highest BCUT2D eigenvalue weighted by molar-refractivity contribution is 5.81. The first-order valence-corrected chi connectivity index (χ1v) is 9.24. The van der Waals surface area contributed by atoms with Crippen LogP contribution in [0.3, 0.4) is 0 Å². The fourth-order valence-corrected chi connectivity index (χ4v) is 5.75. The minimum absolute atomic E-state index is 0.00632. The molecule has 5 rings (SSSR count). The van der Waals surface area contributed by atoms with Crippen LogP contribution in [0.2, 0.25) is 0 Å². The van der Waals surface area contributed by atoms with Crippen LogP contribution in [0.25, 0.3) is 0 Å². The molecule has 0 amide bonds. The zero-order valence-electron chi connectivity index (χ0n) is 13.6. The number of hydrogen-bond acceptors (Lipinski definition) is 3. The summed E-state index contributed by atoms with van der Waals surface area (Å²) in [5.41, 5.74) is 2.67. The third-order valence-corrected chi connectivity index (χ3v) is 6.98. The summed E-state index contributed by atoms with van der Waals surface area (Å²) in [5, 5.41) is 10.0. The lowest BCUT2D eigenvalue weighted by molar-refractivity contribution is -0.127. The van der Waals surface area contributed by atoms with Crippen molar-refractivity contribution in [3.8, 4) is 5.75 Å². The Kier molecular flexibility index (Phi) is 2.94. The van der Waals surface area contributed by atoms with E-state index < -0.39 is 0 Å². The number of nitrogens with zero attached hydrogens (tertiary/aromatic N) is 1. The van der Waals surface area contributed by atoms with Crippen LogP contribution in [0, 0.1) is 11.8 Å². The molecule has 2 bridgehead atoms. The molecule has 4 aliphatic rings. The summed E-state index contributed by atoms with van der Waals surface area (Å²) >= 11 is 0. The van der Waals surface area contributed by atoms with Gasteiger partial charge < -0.3 is 5.11 Å². The molecule has 3 aliphatic carbocycles. The Bertz CT molecular complexity index is 666. The normalized spacial score (nSPS) is 36.4. The highest BCUT2D eigenvalue weighted by Gasteiger charge is 2.55. The van der Waals surface area contributed by atoms with Crippen molar-refractivity contribution in [2.24, 2.45) is 11.8 Å². The molecule has 1 saturated heterocycles. The lowest BCUT2D eigenvalue weighted by Crippen LogP contribution is -2.62. The Morgan fingerprint density at radius 1 is 1.26 bits per heavy atom. The van der Waals surface area contributed by atoms with Crippen molar-refractivity contribution in [3.63, 3.8) is 0 Å². The number of fused-ring (bicyclic) bond motifs is 1. The van der Waals surface area contributed by atoms with Gasteiger partial charge in [-0.25, -0.2) is 0 Å². The first kappa shape index (κ1) is 14.0. The van der Waals surface area contributed by atoms with E-state index in [-0.39, 0.29) is 5.41 Å². The van der Waals surface area contributed by atoms with Gasteiger partial charge in [0.05, 0.1) is 0 Å². The number of phenols is 1. The smallest absolute Gasteiger partial charge is 0.133 e. The van der Waals surface area contributed by atoms with Crippen LogP contribution in [-0.2, 0) is 16.6 Å². The molecule has 0 spiro atoms. The van der Waals surface area contributed by atoms with Crippen LogP contribution in [-0.4, -0.2) is 34.9 Å². The first-order chi connectivity index (χ1) is 11.2. The molecule has 1 N–H and O–H groups in total. The van der Waals surface area contributed by atoms with Gasteiger partial charge in [0.15, 0.2) is 0 Å². The molecule has 3 fully saturated rings. The summed E-state index contributed by atoms with van der Waals surface area (Å²) < 4.78 is 0. The third kappa shape index (κ3) is 2.09. The Morgan fingerprint density at radius 3 is 2.96 bits per heavy atom. The van der Waals surface area contributed by atoms with Gasteiger partial charge in [-0.05, 0) is 73.7 Å². The number of hydrogen-bond donors (Lipinski definition) is 1. The average molecular weight is 311 g/mol. The van der Waals surface area contributed by atoms with E-state index in [4.69, 9.17) is 0 Å². The van der Waals surface area contributed by atoms with Crippen molar-refractivity contribution in [1.82, 2.24) is 4.90 Å². The van der Waals surface area contributed by atoms with Crippen molar-refractivity contribution in [1.29, 1.82) is 0 Å². The van der Waals surface area contributed by atoms with E-state index in [1.54, 1.807) is 0 Å². The van der Waals surface area contributed by atoms with Gasteiger partial charge in [-0.1, -0.05) is 6.07 Å². The molecule has 0 aromatic heterocycles. The molecular formula is C20H25NO2. The highest BCUT2D eigenvalue weighted by Crippen LogP contribution is 2.55. The molecular weight excluding hydrogens is 286 g/mol. The van der Waals surface area contributed by atoms with Crippen molar-refractivity contribution < 1.29 is 9.90 Å². The van der Waals surface area contributed by atoms with E-state index in [0.29, 0.717) is 29.9 Å². The number of rotatable bonds is 2. The monoisotopic (exact) mass is 311 g/mol. The van der Waals surface area contributed by atoms with E-state index in [2.05, 4.69) is 11.0 Å². The lowest BCUT2D eigenvalue weighted by Gasteiger charge is -2.58. The second-order valence-electron chi connectivity index (χ2n) is 8.32. The summed E-state index contributed by atoms with van der Waals surface area (Å²) in [4.78, 5) is 15.0. The number of Topliss-reactive ketones (excluding diaryl/α,β-unsaturated/α-hetero) is 1. The summed E-state index contributed by atoms with van der Waals surface area (Å²) in [6, 6.07) is 6.50. The Morgan fingerprint density at radius 2 is 2.13 bits per heavy atom. The number of carbonyl (C=O) groups is 1. The van der Waals surface area contributed by atoms with Crippen LogP contribution in [0.15, 0.2) is 18.2 Å². The number of carbonyl (C=O) groups excluding carboxylic acids is 1. The minimum Gasteiger partial charge on any atom is -0.508 e. The number of phenolic OH excluding ortho intramolecular Hbond substituents is 1. The van der Waals surface area contributed by atoms with Gasteiger partial charge in [-0.3, -0.25) is 9.69 Å². The molecule has 1 aromatic carbocycles. The van der Waals surface area contributed by atoms with Crippen LogP contribution in [0.1, 0.15) is 49.7 Å². The summed E-state index contributed by atoms with van der Waals surface area (Å²) in [6.45, 7) is 2.39. The van der Waals surface area contributed by atoms with Crippen LogP contribution in [0.5, 0.6) is 5.75 Å². The van der Waals surface area contributed by atoms with E-state index in [1.165, 1.54) is 30.5 Å². The Labute approximate surface area is 137 Å². The molecule has 122 valence electrons. The number of ketones is 1. The third-order valence-electron chi connectivity index (χ3n) is 6.98. The Hall–Kier alpha value is -1.35. The second-order valence-corrected chi connectivity index (χ2v) is 8.32. The fourth-order valence-electron chi connectivity index (χ4n) is 5.75. The molecule has 0 unspecified atom stereocenters. The molecule has 2 saturated carbocycles. The molecule has 1 aliphatic heterocycles. The molecule has 3 nitrogen and oxygen atoms in total. The van der Waals surface area contributed by atoms with Gasteiger partial charge in [0, 0.05) is 30.8 Å². The maximum Gasteiger partial charge on any atom is 0.133 e. The largest absolute Gasteiger partial charge is 0.508 e. The number of aromatic hydroxyl groups is 1. The maximum absolute atomic E-state index is 12.3. The minimum atomic E-state index is 0.00632. The van der Waals surface area contributed by atoms with Gasteiger partial charge in [-0.15, -0.1) is 0 Å². The molecule has 3 heteroatoms. The predicted octanol–water partition coefficient (Wildman–Crippen LogP) is 3.04. The van der Waals surface area contributed by atoms with Gasteiger partial charge in [0.2, 0.25) is 0 Å². The van der Waals surface area contributed by atoms with Crippen molar-refractivity contribution in [3.05, 3.63) is 29.3 Å². The van der Waals surface area contributed by atoms with Crippen LogP contribution >= 0.6 is 0 Å². The van der Waals surface area contributed by atoms with Crippen molar-refractivity contribution in [2.75, 3.05) is 13.1 Å². The maximum atomic E-state index is 12.3. The predicted molar refractivity (Wildman–Crippen MR) is 88.5 cm³/mol. The average Bonchev–Trinajstić information content (AvgIpc) is 3.34. The summed E-state index contributed by atoms with van der Waals surface area (Å²) in [5.74, 6) is 2.30. The van der Waals surface area contributed by atoms with Crippen LogP contribution < -0.4 is 0 Å². The zero-order valence-corrected chi connectivity index (χ0v) is 13.6. The standard InChI is InChI=1S/C20H25NO2/c22-15-4-3-14-9-19-17-6-5-16(23)11-20(17,18(14)10-15)7-8-21(19)12-13-1-2-13/h3-4,10,13,17,19,22H,1-2,5-9,11-12H2/t17-,19+,20+/m0/s1. The molecule has 23 heavy (non-hydrogen) atoms. The molecule has 1 heterocycles. The topological polar surface area (TPSA) is 40.5 Å². The number of benzene rings is 1. The van der Waals surface area contributed by atoms with Gasteiger partial charge in [-0.2, -0.15) is 0 Å².